The Labute approximate surface area is 137 Å². The van der Waals surface area contributed by atoms with Crippen molar-refractivity contribution >= 4 is 22.6 Å². The van der Waals surface area contributed by atoms with Crippen LogP contribution in [-0.4, -0.2) is 0 Å². The van der Waals surface area contributed by atoms with Crippen molar-refractivity contribution in [2.75, 3.05) is 0 Å². The summed E-state index contributed by atoms with van der Waals surface area (Å²) in [7, 11) is 0. The molecule has 2 nitrogen and oxygen atoms in total. The fourth-order valence-corrected chi connectivity index (χ4v) is 2.20. The lowest BCUT2D eigenvalue weighted by atomic mass is 10.3. The minimum absolute atomic E-state index is 0.788. The molecular weight excluding hydrogens is 375 g/mol. The zero-order chi connectivity index (χ0) is 14.5. The molecule has 3 rings (SSSR count). The first-order valence-corrected chi connectivity index (χ1v) is 7.64. The minimum atomic E-state index is 0.788. The molecule has 3 heteroatoms. The van der Waals surface area contributed by atoms with Gasteiger partial charge in [0.25, 0.3) is 0 Å². The van der Waals surface area contributed by atoms with E-state index in [0.29, 0.717) is 0 Å². The van der Waals surface area contributed by atoms with Gasteiger partial charge in [0.2, 0.25) is 0 Å². The Morgan fingerprint density at radius 3 is 1.33 bits per heavy atom. The molecule has 21 heavy (non-hydrogen) atoms. The van der Waals surface area contributed by atoms with Crippen LogP contribution in [0.4, 0.5) is 0 Å². The van der Waals surface area contributed by atoms with Gasteiger partial charge in [-0.1, -0.05) is 18.2 Å². The smallest absolute Gasteiger partial charge is 0.127 e. The molecule has 0 aliphatic heterocycles. The van der Waals surface area contributed by atoms with Crippen molar-refractivity contribution in [2.24, 2.45) is 0 Å². The summed E-state index contributed by atoms with van der Waals surface area (Å²) in [6.45, 7) is 0. The largest absolute Gasteiger partial charge is 0.457 e. The van der Waals surface area contributed by atoms with Gasteiger partial charge in [-0.3, -0.25) is 0 Å². The van der Waals surface area contributed by atoms with Crippen LogP contribution in [-0.2, 0) is 0 Å². The molecule has 0 unspecified atom stereocenters. The van der Waals surface area contributed by atoms with Gasteiger partial charge in [0.05, 0.1) is 0 Å². The zero-order valence-electron chi connectivity index (χ0n) is 11.2. The van der Waals surface area contributed by atoms with Crippen LogP contribution in [0, 0.1) is 3.57 Å². The van der Waals surface area contributed by atoms with E-state index in [2.05, 4.69) is 22.6 Å². The molecule has 0 amide bonds. The Morgan fingerprint density at radius 2 is 0.857 bits per heavy atom. The van der Waals surface area contributed by atoms with E-state index in [1.165, 1.54) is 3.57 Å². The van der Waals surface area contributed by atoms with Gasteiger partial charge in [-0.05, 0) is 83.3 Å². The molecule has 0 fully saturated rings. The lowest BCUT2D eigenvalue weighted by Crippen LogP contribution is -1.86. The summed E-state index contributed by atoms with van der Waals surface area (Å²) in [6, 6.07) is 25.2. The second-order valence-corrected chi connectivity index (χ2v) is 5.69. The first-order valence-electron chi connectivity index (χ1n) is 6.56. The molecule has 0 aliphatic rings. The fraction of sp³-hybridized carbons (Fsp3) is 0. The van der Waals surface area contributed by atoms with Crippen molar-refractivity contribution in [1.29, 1.82) is 0 Å². The van der Waals surface area contributed by atoms with Crippen LogP contribution in [0.3, 0.4) is 0 Å². The van der Waals surface area contributed by atoms with E-state index in [0.717, 1.165) is 23.0 Å². The lowest BCUT2D eigenvalue weighted by Gasteiger charge is -2.08. The standard InChI is InChI=1S/C18H13IO2/c19-14-6-8-16(9-7-14)21-18-12-10-17(11-13-18)20-15-4-2-1-3-5-15/h1-13H. The second-order valence-electron chi connectivity index (χ2n) is 4.44. The summed E-state index contributed by atoms with van der Waals surface area (Å²) in [6.07, 6.45) is 0. The van der Waals surface area contributed by atoms with Gasteiger partial charge in [-0.15, -0.1) is 0 Å². The molecule has 0 saturated heterocycles. The summed E-state index contributed by atoms with van der Waals surface area (Å²) in [5.41, 5.74) is 0. The monoisotopic (exact) mass is 388 g/mol. The van der Waals surface area contributed by atoms with Crippen LogP contribution in [0.15, 0.2) is 78.9 Å². The van der Waals surface area contributed by atoms with Crippen LogP contribution < -0.4 is 9.47 Å². The van der Waals surface area contributed by atoms with Gasteiger partial charge < -0.3 is 9.47 Å². The predicted molar refractivity (Wildman–Crippen MR) is 92.2 cm³/mol. The number of ether oxygens (including phenoxy) is 2. The SMILES string of the molecule is Ic1ccc(Oc2ccc(Oc3ccccc3)cc2)cc1. The van der Waals surface area contributed by atoms with Gasteiger partial charge in [0.1, 0.15) is 23.0 Å². The molecule has 0 radical (unpaired) electrons. The third-order valence-electron chi connectivity index (χ3n) is 2.85. The Kier molecular flexibility index (Phi) is 4.40. The van der Waals surface area contributed by atoms with E-state index in [-0.39, 0.29) is 0 Å². The maximum Gasteiger partial charge on any atom is 0.127 e. The molecule has 0 atom stereocenters. The summed E-state index contributed by atoms with van der Waals surface area (Å²) in [5.74, 6) is 3.23. The molecule has 3 aromatic carbocycles. The Bertz CT molecular complexity index is 692. The van der Waals surface area contributed by atoms with E-state index in [1.807, 2.05) is 78.9 Å². The van der Waals surface area contributed by atoms with E-state index >= 15 is 0 Å². The quantitative estimate of drug-likeness (QED) is 0.520. The molecule has 0 aromatic heterocycles. The highest BCUT2D eigenvalue weighted by Crippen LogP contribution is 2.26. The van der Waals surface area contributed by atoms with Crippen LogP contribution in [0.25, 0.3) is 0 Å². The third kappa shape index (κ3) is 3.98. The summed E-state index contributed by atoms with van der Waals surface area (Å²) >= 11 is 2.27. The van der Waals surface area contributed by atoms with Crippen LogP contribution >= 0.6 is 22.6 Å². The minimum Gasteiger partial charge on any atom is -0.457 e. The van der Waals surface area contributed by atoms with Crippen molar-refractivity contribution in [2.45, 2.75) is 0 Å². The number of hydrogen-bond acceptors (Lipinski definition) is 2. The number of benzene rings is 3. The number of halogens is 1. The van der Waals surface area contributed by atoms with Crippen LogP contribution in [0.1, 0.15) is 0 Å². The molecule has 0 N–H and O–H groups in total. The summed E-state index contributed by atoms with van der Waals surface area (Å²) in [4.78, 5) is 0. The van der Waals surface area contributed by atoms with Crippen molar-refractivity contribution < 1.29 is 9.47 Å². The predicted octanol–water partition coefficient (Wildman–Crippen LogP) is 5.88. The van der Waals surface area contributed by atoms with Gasteiger partial charge in [0, 0.05) is 3.57 Å². The molecule has 0 saturated carbocycles. The molecular formula is C18H13IO2. The summed E-state index contributed by atoms with van der Waals surface area (Å²) < 4.78 is 12.7. The molecule has 0 bridgehead atoms. The molecule has 104 valence electrons. The Morgan fingerprint density at radius 1 is 0.476 bits per heavy atom. The number of para-hydroxylation sites is 1. The molecule has 0 spiro atoms. The highest BCUT2D eigenvalue weighted by Gasteiger charge is 2.00. The van der Waals surface area contributed by atoms with E-state index < -0.39 is 0 Å². The highest BCUT2D eigenvalue weighted by atomic mass is 127. The first-order chi connectivity index (χ1) is 10.3. The maximum atomic E-state index is 5.78. The van der Waals surface area contributed by atoms with Crippen molar-refractivity contribution in [1.82, 2.24) is 0 Å². The van der Waals surface area contributed by atoms with Gasteiger partial charge in [-0.25, -0.2) is 0 Å². The fourth-order valence-electron chi connectivity index (χ4n) is 1.84. The normalized spacial score (nSPS) is 10.1. The average Bonchev–Trinajstić information content (AvgIpc) is 2.53. The van der Waals surface area contributed by atoms with E-state index in [1.54, 1.807) is 0 Å². The van der Waals surface area contributed by atoms with Crippen LogP contribution in [0.5, 0.6) is 23.0 Å². The van der Waals surface area contributed by atoms with Gasteiger partial charge >= 0.3 is 0 Å². The van der Waals surface area contributed by atoms with Crippen molar-refractivity contribution in [3.63, 3.8) is 0 Å². The van der Waals surface area contributed by atoms with Crippen molar-refractivity contribution in [3.05, 3.63) is 82.4 Å². The maximum absolute atomic E-state index is 5.78. The van der Waals surface area contributed by atoms with E-state index in [9.17, 15) is 0 Å². The lowest BCUT2D eigenvalue weighted by molar-refractivity contribution is 0.469. The highest BCUT2D eigenvalue weighted by molar-refractivity contribution is 14.1. The zero-order valence-corrected chi connectivity index (χ0v) is 13.4. The van der Waals surface area contributed by atoms with Crippen LogP contribution in [0.2, 0.25) is 0 Å². The molecule has 3 aromatic rings. The summed E-state index contributed by atoms with van der Waals surface area (Å²) in [5, 5.41) is 0. The van der Waals surface area contributed by atoms with E-state index in [4.69, 9.17) is 9.47 Å². The Hall–Kier alpha value is -2.01. The van der Waals surface area contributed by atoms with Gasteiger partial charge in [0.15, 0.2) is 0 Å². The average molecular weight is 388 g/mol. The topological polar surface area (TPSA) is 18.5 Å². The second kappa shape index (κ2) is 6.63. The third-order valence-corrected chi connectivity index (χ3v) is 3.57. The number of rotatable bonds is 4. The molecule has 0 heterocycles. The molecule has 0 aliphatic carbocycles. The van der Waals surface area contributed by atoms with Crippen molar-refractivity contribution in [3.8, 4) is 23.0 Å². The first kappa shape index (κ1) is 13.9. The van der Waals surface area contributed by atoms with Gasteiger partial charge in [-0.2, -0.15) is 0 Å². The Balaban J connectivity index is 1.68. The number of hydrogen-bond donors (Lipinski definition) is 0.